The van der Waals surface area contributed by atoms with Gasteiger partial charge in [-0.25, -0.2) is 4.79 Å². The van der Waals surface area contributed by atoms with Crippen molar-refractivity contribution in [3.8, 4) is 11.3 Å². The van der Waals surface area contributed by atoms with Gasteiger partial charge < -0.3 is 29.3 Å². The van der Waals surface area contributed by atoms with Gasteiger partial charge in [-0.2, -0.15) is 0 Å². The van der Waals surface area contributed by atoms with Crippen LogP contribution in [0.25, 0.3) is 11.3 Å². The van der Waals surface area contributed by atoms with Gasteiger partial charge in [0, 0.05) is 74.4 Å². The van der Waals surface area contributed by atoms with Crippen molar-refractivity contribution in [1.29, 1.82) is 0 Å². The summed E-state index contributed by atoms with van der Waals surface area (Å²) in [5, 5.41) is 9.79. The number of hydrogen-bond acceptors (Lipinski definition) is 4. The molecule has 258 valence electrons. The van der Waals surface area contributed by atoms with E-state index >= 15 is 0 Å². The van der Waals surface area contributed by atoms with Crippen molar-refractivity contribution in [2.45, 2.75) is 91.9 Å². The molecule has 9 nitrogen and oxygen atoms in total. The Morgan fingerprint density at radius 2 is 1.56 bits per heavy atom. The number of likely N-dealkylation sites (N-methyl/N-ethyl adjacent to an activating group) is 1. The molecule has 1 aromatic heterocycles. The van der Waals surface area contributed by atoms with Gasteiger partial charge in [0.1, 0.15) is 0 Å². The molecule has 5 rings (SSSR count). The number of hydrogen-bond donors (Lipinski definition) is 1. The number of amides is 3. The predicted molar refractivity (Wildman–Crippen MR) is 190 cm³/mol. The van der Waals surface area contributed by atoms with Gasteiger partial charge in [0.2, 0.25) is 0 Å². The highest BCUT2D eigenvalue weighted by molar-refractivity contribution is 6.03. The van der Waals surface area contributed by atoms with Gasteiger partial charge in [0.25, 0.3) is 11.8 Å². The number of fused-ring (bicyclic) bond motifs is 2. The van der Waals surface area contributed by atoms with Gasteiger partial charge in [-0.3, -0.25) is 9.59 Å². The summed E-state index contributed by atoms with van der Waals surface area (Å²) in [5.74, 6) is -0.0240. The Morgan fingerprint density at radius 3 is 2.21 bits per heavy atom. The van der Waals surface area contributed by atoms with E-state index in [0.717, 1.165) is 85.4 Å². The number of carboxylic acid groups (broad SMARTS) is 1. The first-order valence-electron chi connectivity index (χ1n) is 17.7. The van der Waals surface area contributed by atoms with E-state index in [2.05, 4.69) is 48.4 Å². The van der Waals surface area contributed by atoms with E-state index in [1.165, 1.54) is 10.5 Å². The van der Waals surface area contributed by atoms with Gasteiger partial charge in [0.05, 0.1) is 5.56 Å². The van der Waals surface area contributed by atoms with E-state index in [1.54, 1.807) is 0 Å². The summed E-state index contributed by atoms with van der Waals surface area (Å²) in [6.07, 6.45) is 4.34. The Bertz CT molecular complexity index is 1640. The van der Waals surface area contributed by atoms with Gasteiger partial charge >= 0.3 is 6.09 Å². The first kappa shape index (κ1) is 35.2. The van der Waals surface area contributed by atoms with Crippen LogP contribution >= 0.6 is 0 Å². The summed E-state index contributed by atoms with van der Waals surface area (Å²) < 4.78 is 2.21. The van der Waals surface area contributed by atoms with E-state index in [4.69, 9.17) is 0 Å². The quantitative estimate of drug-likeness (QED) is 0.235. The molecule has 0 bridgehead atoms. The normalized spacial score (nSPS) is 15.8. The maximum Gasteiger partial charge on any atom is 0.407 e. The fourth-order valence-electron chi connectivity index (χ4n) is 7.12. The first-order chi connectivity index (χ1) is 23.0. The van der Waals surface area contributed by atoms with Crippen LogP contribution < -0.4 is 0 Å². The topological polar surface area (TPSA) is 89.3 Å². The maximum absolute atomic E-state index is 14.8. The molecule has 1 atom stereocenters. The second-order valence-corrected chi connectivity index (χ2v) is 13.9. The molecule has 2 aliphatic heterocycles. The fourth-order valence-corrected chi connectivity index (χ4v) is 7.12. The Labute approximate surface area is 286 Å². The van der Waals surface area contributed by atoms with E-state index in [-0.39, 0.29) is 24.4 Å². The third kappa shape index (κ3) is 7.46. The molecule has 0 unspecified atom stereocenters. The summed E-state index contributed by atoms with van der Waals surface area (Å²) in [6, 6.07) is 14.3. The van der Waals surface area contributed by atoms with Gasteiger partial charge in [-0.1, -0.05) is 51.0 Å². The molecule has 2 aromatic carbocycles. The van der Waals surface area contributed by atoms with Crippen molar-refractivity contribution in [2.24, 2.45) is 0 Å². The molecule has 0 saturated heterocycles. The first-order valence-corrected chi connectivity index (χ1v) is 17.7. The van der Waals surface area contributed by atoms with Crippen molar-refractivity contribution < 1.29 is 19.5 Å². The van der Waals surface area contributed by atoms with Crippen LogP contribution in [0.5, 0.6) is 0 Å². The molecule has 0 aliphatic carbocycles. The lowest BCUT2D eigenvalue weighted by Crippen LogP contribution is -2.43. The second kappa shape index (κ2) is 15.4. The fraction of sp³-hybridized carbons (Fsp3) is 0.513. The lowest BCUT2D eigenvalue weighted by atomic mass is 9.90. The number of rotatable bonds is 12. The molecule has 9 heteroatoms. The number of carbonyl (C=O) groups is 3. The Hall–Kier alpha value is -4.11. The summed E-state index contributed by atoms with van der Waals surface area (Å²) in [4.78, 5) is 48.5. The molecule has 0 spiro atoms. The van der Waals surface area contributed by atoms with Crippen molar-refractivity contribution in [3.05, 3.63) is 81.5 Å². The summed E-state index contributed by atoms with van der Waals surface area (Å²) in [6.45, 7) is 12.5. The van der Waals surface area contributed by atoms with Crippen molar-refractivity contribution in [2.75, 3.05) is 40.3 Å². The third-order valence-corrected chi connectivity index (χ3v) is 10.1. The number of benzene rings is 2. The van der Waals surface area contributed by atoms with Gasteiger partial charge in [-0.15, -0.1) is 0 Å². The van der Waals surface area contributed by atoms with Gasteiger partial charge in [0.15, 0.2) is 0 Å². The minimum Gasteiger partial charge on any atom is -0.465 e. The van der Waals surface area contributed by atoms with E-state index in [1.807, 2.05) is 55.1 Å². The smallest absolute Gasteiger partial charge is 0.407 e. The second-order valence-electron chi connectivity index (χ2n) is 13.9. The lowest BCUT2D eigenvalue weighted by Gasteiger charge is -2.36. The highest BCUT2D eigenvalue weighted by Gasteiger charge is 2.32. The summed E-state index contributed by atoms with van der Waals surface area (Å²) in [7, 11) is 4.08. The van der Waals surface area contributed by atoms with E-state index in [9.17, 15) is 19.5 Å². The van der Waals surface area contributed by atoms with Crippen LogP contribution in [0.1, 0.15) is 95.1 Å². The Balaban J connectivity index is 1.65. The average molecular weight is 656 g/mol. The number of nitrogens with zero attached hydrogens (tertiary/aromatic N) is 5. The summed E-state index contributed by atoms with van der Waals surface area (Å²) in [5.41, 5.74) is 8.15. The predicted octanol–water partition coefficient (Wildman–Crippen LogP) is 6.69. The number of aromatic nitrogens is 1. The van der Waals surface area contributed by atoms with E-state index in [0.29, 0.717) is 37.2 Å². The Kier molecular flexibility index (Phi) is 11.3. The molecule has 1 N–H and O–H groups in total. The van der Waals surface area contributed by atoms with E-state index < -0.39 is 6.09 Å². The Morgan fingerprint density at radius 1 is 0.875 bits per heavy atom. The molecule has 0 fully saturated rings. The zero-order chi connectivity index (χ0) is 34.5. The van der Waals surface area contributed by atoms with Crippen LogP contribution in [-0.2, 0) is 32.5 Å². The highest BCUT2D eigenvalue weighted by Crippen LogP contribution is 2.36. The van der Waals surface area contributed by atoms with Crippen LogP contribution in [-0.4, -0.2) is 93.5 Å². The summed E-state index contributed by atoms with van der Waals surface area (Å²) >= 11 is 0. The van der Waals surface area contributed by atoms with Crippen LogP contribution in [0.3, 0.4) is 0 Å². The SMILES string of the molecule is CCCCN(CCCC)C(=O)c1cc(-c2cc3c(cc2C(=O)N2Cc4ccccc4C[C@H]2C)CN(C(=O)O)CC3)n(CCN(C)C)c1C. The molecular weight excluding hydrogens is 602 g/mol. The van der Waals surface area contributed by atoms with Gasteiger partial charge in [-0.05, 0) is 94.1 Å². The minimum absolute atomic E-state index is 0.00288. The standard InChI is InChI=1S/C39H53N5O4/c1-7-9-16-41(17-10-8-2)37(45)33-24-36(43(28(33)4)20-19-40(5)6)34-22-30-15-18-42(39(47)48)25-32(30)23-35(34)38(46)44-26-31-14-12-11-13-29(31)21-27(44)3/h11-14,22-24,27H,7-10,15-21,25-26H2,1-6H3,(H,47,48)/t27-/m1/s1. The molecule has 2 aliphatic rings. The van der Waals surface area contributed by atoms with Crippen LogP contribution in [0.15, 0.2) is 42.5 Å². The van der Waals surface area contributed by atoms with Crippen LogP contribution in [0, 0.1) is 6.92 Å². The number of unbranched alkanes of at least 4 members (excludes halogenated alkanes) is 2. The van der Waals surface area contributed by atoms with Crippen molar-refractivity contribution in [1.82, 2.24) is 24.2 Å². The average Bonchev–Trinajstić information content (AvgIpc) is 3.40. The maximum atomic E-state index is 14.8. The molecule has 3 heterocycles. The minimum atomic E-state index is -0.953. The largest absolute Gasteiger partial charge is 0.465 e. The molecule has 0 radical (unpaired) electrons. The molecule has 3 aromatic rings. The third-order valence-electron chi connectivity index (χ3n) is 10.1. The monoisotopic (exact) mass is 655 g/mol. The van der Waals surface area contributed by atoms with Crippen LogP contribution in [0.4, 0.5) is 4.79 Å². The molecule has 0 saturated carbocycles. The zero-order valence-electron chi connectivity index (χ0n) is 29.7. The molecule has 3 amide bonds. The van der Waals surface area contributed by atoms with Crippen molar-refractivity contribution in [3.63, 3.8) is 0 Å². The highest BCUT2D eigenvalue weighted by atomic mass is 16.4. The van der Waals surface area contributed by atoms with Crippen molar-refractivity contribution >= 4 is 17.9 Å². The number of carbonyl (C=O) groups excluding carboxylic acids is 2. The van der Waals surface area contributed by atoms with Crippen LogP contribution in [0.2, 0.25) is 0 Å². The molecule has 48 heavy (non-hydrogen) atoms. The zero-order valence-corrected chi connectivity index (χ0v) is 29.7. The lowest BCUT2D eigenvalue weighted by molar-refractivity contribution is 0.0658. The molecular formula is C39H53N5O4.